The molecule has 0 saturated heterocycles. The molecule has 0 aliphatic heterocycles. The lowest BCUT2D eigenvalue weighted by Crippen LogP contribution is -2.24. The molecule has 1 fully saturated rings. The molecule has 1 saturated carbocycles. The van der Waals surface area contributed by atoms with Gasteiger partial charge in [-0.05, 0) is 40.9 Å². The van der Waals surface area contributed by atoms with Gasteiger partial charge in [0.1, 0.15) is 22.2 Å². The number of hydrogen-bond acceptors (Lipinski definition) is 6. The van der Waals surface area contributed by atoms with E-state index in [-0.39, 0.29) is 61.3 Å². The first kappa shape index (κ1) is 24.0. The predicted molar refractivity (Wildman–Crippen MR) is 121 cm³/mol. The average molecular weight is 566 g/mol. The topological polar surface area (TPSA) is 89.8 Å². The molecule has 0 aromatic carbocycles. The number of nitrogens with zero attached hydrogens (tertiary/aromatic N) is 4. The van der Waals surface area contributed by atoms with Crippen LogP contribution in [-0.2, 0) is 23.1 Å². The number of rotatable bonds is 5. The van der Waals surface area contributed by atoms with Crippen LogP contribution in [0.3, 0.4) is 0 Å². The Balaban J connectivity index is 1.92. The normalized spacial score (nSPS) is 15.6. The number of anilines is 1. The van der Waals surface area contributed by atoms with Crippen molar-refractivity contribution in [3.63, 3.8) is 0 Å². The maximum atomic E-state index is 14.3. The van der Waals surface area contributed by atoms with E-state index in [9.17, 15) is 26.0 Å². The van der Waals surface area contributed by atoms with E-state index in [1.54, 1.807) is 0 Å². The van der Waals surface area contributed by atoms with Crippen molar-refractivity contribution in [2.24, 2.45) is 7.05 Å². The Morgan fingerprint density at radius 1 is 1.30 bits per heavy atom. The molecule has 0 bridgehead atoms. The molecule has 1 N–H and O–H groups in total. The zero-order chi connectivity index (χ0) is 24.3. The number of hydrogen-bond donors (Lipinski definition) is 1. The summed E-state index contributed by atoms with van der Waals surface area (Å²) in [6.07, 6.45) is -3.12. The minimum atomic E-state index is -4.67. The van der Waals surface area contributed by atoms with Crippen LogP contribution in [0.1, 0.15) is 25.5 Å². The number of nitrogens with one attached hydrogen (secondary N) is 1. The van der Waals surface area contributed by atoms with Crippen molar-refractivity contribution >= 4 is 59.8 Å². The molecule has 3 aromatic heterocycles. The Morgan fingerprint density at radius 3 is 2.55 bits per heavy atom. The zero-order valence-corrected chi connectivity index (χ0v) is 20.4. The number of aryl methyl sites for hydroxylation is 1. The monoisotopic (exact) mass is 565 g/mol. The summed E-state index contributed by atoms with van der Waals surface area (Å²) in [5, 5.41) is 2.71. The van der Waals surface area contributed by atoms with E-state index in [1.807, 2.05) is 0 Å². The third-order valence-electron chi connectivity index (χ3n) is 5.25. The standard InChI is InChI=1S/C19H16BrF4N5O2S2/c1-3-33(30,31)12-6-9(20)15(28-17(32)18(21)4-5-18)27-14(12)16-26-10-7-13(19(22,23)24)25-8-11(10)29(16)2/h6-8H,3-5H2,1-2H3,(H,27,28,32). The number of imidazole rings is 1. The molecule has 176 valence electrons. The van der Waals surface area contributed by atoms with Gasteiger partial charge in [-0.15, -0.1) is 0 Å². The molecule has 0 amide bonds. The molecule has 33 heavy (non-hydrogen) atoms. The molecule has 0 atom stereocenters. The highest BCUT2D eigenvalue weighted by Gasteiger charge is 2.48. The van der Waals surface area contributed by atoms with E-state index in [2.05, 4.69) is 36.2 Å². The molecular formula is C19H16BrF4N5O2S2. The summed E-state index contributed by atoms with van der Waals surface area (Å²) < 4.78 is 80.8. The average Bonchev–Trinajstić information content (AvgIpc) is 3.42. The smallest absolute Gasteiger partial charge is 0.331 e. The van der Waals surface area contributed by atoms with Crippen molar-refractivity contribution in [3.05, 3.63) is 28.5 Å². The van der Waals surface area contributed by atoms with Crippen LogP contribution in [0.5, 0.6) is 0 Å². The molecule has 14 heteroatoms. The zero-order valence-electron chi connectivity index (χ0n) is 17.2. The van der Waals surface area contributed by atoms with Gasteiger partial charge in [-0.2, -0.15) is 13.2 Å². The minimum absolute atomic E-state index is 0.000927. The first-order valence-corrected chi connectivity index (χ1v) is 12.5. The number of alkyl halides is 4. The number of thiocarbonyl (C=S) groups is 1. The fourth-order valence-electron chi connectivity index (χ4n) is 3.12. The number of sulfone groups is 1. The van der Waals surface area contributed by atoms with Crippen LogP contribution in [0.4, 0.5) is 23.4 Å². The van der Waals surface area contributed by atoms with Crippen LogP contribution in [0.15, 0.2) is 27.7 Å². The van der Waals surface area contributed by atoms with Gasteiger partial charge in [0, 0.05) is 7.05 Å². The highest BCUT2D eigenvalue weighted by molar-refractivity contribution is 9.10. The summed E-state index contributed by atoms with van der Waals surface area (Å²) >= 11 is 8.35. The van der Waals surface area contributed by atoms with E-state index in [0.29, 0.717) is 0 Å². The van der Waals surface area contributed by atoms with Gasteiger partial charge in [-0.3, -0.25) is 0 Å². The van der Waals surface area contributed by atoms with Crippen LogP contribution in [0.2, 0.25) is 0 Å². The number of halogens is 5. The van der Waals surface area contributed by atoms with Gasteiger partial charge in [-0.25, -0.2) is 27.8 Å². The summed E-state index contributed by atoms with van der Waals surface area (Å²) in [7, 11) is -2.32. The van der Waals surface area contributed by atoms with Crippen LogP contribution in [-0.4, -0.2) is 44.3 Å². The van der Waals surface area contributed by atoms with E-state index in [0.717, 1.165) is 12.3 Å². The number of aromatic nitrogens is 4. The molecule has 1 aliphatic carbocycles. The van der Waals surface area contributed by atoms with Crippen LogP contribution in [0, 0.1) is 0 Å². The van der Waals surface area contributed by atoms with Crippen molar-refractivity contribution in [1.29, 1.82) is 0 Å². The summed E-state index contributed by atoms with van der Waals surface area (Å²) in [4.78, 5) is 11.7. The van der Waals surface area contributed by atoms with Crippen LogP contribution < -0.4 is 5.32 Å². The molecule has 1 aliphatic rings. The van der Waals surface area contributed by atoms with Crippen molar-refractivity contribution in [3.8, 4) is 11.5 Å². The van der Waals surface area contributed by atoms with Crippen molar-refractivity contribution in [2.45, 2.75) is 36.5 Å². The maximum absolute atomic E-state index is 14.3. The van der Waals surface area contributed by atoms with E-state index < -0.39 is 27.4 Å². The van der Waals surface area contributed by atoms with Gasteiger partial charge in [0.05, 0.1) is 32.4 Å². The third-order valence-corrected chi connectivity index (χ3v) is 8.07. The van der Waals surface area contributed by atoms with Gasteiger partial charge in [-0.1, -0.05) is 19.1 Å². The second-order valence-electron chi connectivity index (χ2n) is 7.54. The summed E-state index contributed by atoms with van der Waals surface area (Å²) in [6.45, 7) is 1.45. The molecule has 7 nitrogen and oxygen atoms in total. The summed E-state index contributed by atoms with van der Waals surface area (Å²) in [5.41, 5.74) is -2.67. The molecular weight excluding hydrogens is 550 g/mol. The highest BCUT2D eigenvalue weighted by atomic mass is 79.9. The Bertz CT molecular complexity index is 1400. The summed E-state index contributed by atoms with van der Waals surface area (Å²) in [5.74, 6) is -0.187. The molecule has 3 heterocycles. The van der Waals surface area contributed by atoms with Gasteiger partial charge >= 0.3 is 6.18 Å². The second kappa shape index (κ2) is 7.94. The lowest BCUT2D eigenvalue weighted by molar-refractivity contribution is -0.141. The van der Waals surface area contributed by atoms with E-state index in [4.69, 9.17) is 12.2 Å². The quantitative estimate of drug-likeness (QED) is 0.349. The first-order valence-electron chi connectivity index (χ1n) is 9.60. The first-order chi connectivity index (χ1) is 15.3. The molecule has 4 rings (SSSR count). The Kier molecular flexibility index (Phi) is 5.77. The van der Waals surface area contributed by atoms with Gasteiger partial charge in [0.25, 0.3) is 0 Å². The highest BCUT2D eigenvalue weighted by Crippen LogP contribution is 2.42. The predicted octanol–water partition coefficient (Wildman–Crippen LogP) is 4.85. The lowest BCUT2D eigenvalue weighted by atomic mass is 10.3. The Labute approximate surface area is 199 Å². The van der Waals surface area contributed by atoms with Crippen LogP contribution in [0.25, 0.3) is 22.6 Å². The van der Waals surface area contributed by atoms with Crippen LogP contribution >= 0.6 is 28.1 Å². The Hall–Kier alpha value is -2.19. The van der Waals surface area contributed by atoms with Gasteiger partial charge in [0.2, 0.25) is 0 Å². The fraction of sp³-hybridized carbons (Fsp3) is 0.368. The Morgan fingerprint density at radius 2 is 1.97 bits per heavy atom. The third kappa shape index (κ3) is 4.35. The second-order valence-corrected chi connectivity index (χ2v) is 11.0. The SMILES string of the molecule is CCS(=O)(=O)c1cc(Br)c(NC(=S)C2(F)CC2)nc1-c1nc2cc(C(F)(F)F)ncc2n1C. The lowest BCUT2D eigenvalue weighted by Gasteiger charge is -2.15. The van der Waals surface area contributed by atoms with Crippen molar-refractivity contribution < 1.29 is 26.0 Å². The largest absolute Gasteiger partial charge is 0.433 e. The van der Waals surface area contributed by atoms with Crippen molar-refractivity contribution in [2.75, 3.05) is 11.1 Å². The molecule has 0 spiro atoms. The van der Waals surface area contributed by atoms with Gasteiger partial charge in [0.15, 0.2) is 21.3 Å². The molecule has 0 unspecified atom stereocenters. The summed E-state index contributed by atoms with van der Waals surface area (Å²) in [6, 6.07) is 2.07. The van der Waals surface area contributed by atoms with Crippen molar-refractivity contribution in [1.82, 2.24) is 19.5 Å². The molecule has 3 aromatic rings. The maximum Gasteiger partial charge on any atom is 0.433 e. The number of fused-ring (bicyclic) bond motifs is 1. The minimum Gasteiger partial charge on any atom is -0.331 e. The number of pyridine rings is 2. The van der Waals surface area contributed by atoms with Gasteiger partial charge < -0.3 is 9.88 Å². The van der Waals surface area contributed by atoms with E-state index >= 15 is 0 Å². The van der Waals surface area contributed by atoms with E-state index in [1.165, 1.54) is 24.6 Å². The fourth-order valence-corrected chi connectivity index (χ4v) is 5.03. The molecule has 0 radical (unpaired) electrons.